The lowest BCUT2D eigenvalue weighted by Gasteiger charge is -2.26. The molecule has 7 heteroatoms. The third kappa shape index (κ3) is 5.07. The van der Waals surface area contributed by atoms with Gasteiger partial charge in [-0.2, -0.15) is 8.42 Å². The Labute approximate surface area is 201 Å². The van der Waals surface area contributed by atoms with Gasteiger partial charge >= 0.3 is 5.97 Å². The minimum Gasteiger partial charge on any atom is -0.465 e. The van der Waals surface area contributed by atoms with Crippen molar-refractivity contribution in [2.75, 3.05) is 19.8 Å². The summed E-state index contributed by atoms with van der Waals surface area (Å²) in [5, 5.41) is 0. The van der Waals surface area contributed by atoms with Gasteiger partial charge in [-0.1, -0.05) is 35.9 Å². The highest BCUT2D eigenvalue weighted by Gasteiger charge is 2.46. The van der Waals surface area contributed by atoms with Gasteiger partial charge in [0.05, 0.1) is 37.2 Å². The first-order valence-electron chi connectivity index (χ1n) is 12.2. The molecule has 0 radical (unpaired) electrons. The lowest BCUT2D eigenvalue weighted by atomic mass is 9.82. The summed E-state index contributed by atoms with van der Waals surface area (Å²) in [6.07, 6.45) is 6.56. The second-order valence-corrected chi connectivity index (χ2v) is 11.7. The maximum absolute atomic E-state index is 12.3. The van der Waals surface area contributed by atoms with Gasteiger partial charge in [0, 0.05) is 5.41 Å². The summed E-state index contributed by atoms with van der Waals surface area (Å²) in [6.45, 7) is 2.75. The Bertz CT molecular complexity index is 1160. The van der Waals surface area contributed by atoms with Crippen LogP contribution in [0.25, 0.3) is 0 Å². The third-order valence-electron chi connectivity index (χ3n) is 7.63. The van der Waals surface area contributed by atoms with Crippen LogP contribution in [-0.2, 0) is 41.4 Å². The van der Waals surface area contributed by atoms with Crippen molar-refractivity contribution in [2.45, 2.75) is 68.8 Å². The van der Waals surface area contributed by atoms with Crippen LogP contribution in [0.15, 0.2) is 47.4 Å². The summed E-state index contributed by atoms with van der Waals surface area (Å²) in [4.78, 5) is 11.8. The van der Waals surface area contributed by atoms with E-state index in [-0.39, 0.29) is 35.6 Å². The number of rotatable bonds is 7. The van der Waals surface area contributed by atoms with Crippen LogP contribution in [0, 0.1) is 12.3 Å². The van der Waals surface area contributed by atoms with Crippen LogP contribution in [0.3, 0.4) is 0 Å². The molecule has 2 aromatic carbocycles. The fourth-order valence-electron chi connectivity index (χ4n) is 5.69. The van der Waals surface area contributed by atoms with Gasteiger partial charge in [0.1, 0.15) is 0 Å². The zero-order valence-corrected chi connectivity index (χ0v) is 20.4. The molecule has 0 bridgehead atoms. The van der Waals surface area contributed by atoms with E-state index in [0.29, 0.717) is 18.9 Å². The predicted molar refractivity (Wildman–Crippen MR) is 127 cm³/mol. The molecule has 2 aromatic rings. The lowest BCUT2D eigenvalue weighted by Crippen LogP contribution is -2.25. The highest BCUT2D eigenvalue weighted by molar-refractivity contribution is 7.86. The second kappa shape index (κ2) is 9.44. The van der Waals surface area contributed by atoms with Gasteiger partial charge in [0.2, 0.25) is 0 Å². The van der Waals surface area contributed by atoms with E-state index in [4.69, 9.17) is 13.7 Å². The van der Waals surface area contributed by atoms with Crippen molar-refractivity contribution in [3.8, 4) is 0 Å². The Hall–Kier alpha value is -2.22. The van der Waals surface area contributed by atoms with Gasteiger partial charge in [-0.3, -0.25) is 8.98 Å². The summed E-state index contributed by atoms with van der Waals surface area (Å²) >= 11 is 0. The van der Waals surface area contributed by atoms with Gasteiger partial charge in [-0.05, 0) is 80.2 Å². The molecule has 34 heavy (non-hydrogen) atoms. The third-order valence-corrected chi connectivity index (χ3v) is 8.96. The van der Waals surface area contributed by atoms with E-state index in [2.05, 4.69) is 18.2 Å². The maximum Gasteiger partial charge on any atom is 0.306 e. The monoisotopic (exact) mass is 484 g/mol. The van der Waals surface area contributed by atoms with Crippen molar-refractivity contribution in [3.63, 3.8) is 0 Å². The smallest absolute Gasteiger partial charge is 0.306 e. The number of carbonyl (C=O) groups is 1. The summed E-state index contributed by atoms with van der Waals surface area (Å²) in [5.74, 6) is 0.455. The standard InChI is InChI=1S/C27H32O6S/c1-19-2-8-25(9-3-19)34(29,30)33-13-12-31-24-7-6-20-14-21(4-5-22(20)15-24)23-10-11-27(16-23)17-26(28)32-18-27/h2-5,8-9,14,23-24H,6-7,10-13,15-18H2,1H3/t23-,24?,27-/m0/s1. The van der Waals surface area contributed by atoms with E-state index < -0.39 is 10.1 Å². The van der Waals surface area contributed by atoms with Crippen molar-refractivity contribution in [3.05, 3.63) is 64.7 Å². The van der Waals surface area contributed by atoms with Gasteiger partial charge in [-0.15, -0.1) is 0 Å². The Morgan fingerprint density at radius 2 is 1.88 bits per heavy atom. The van der Waals surface area contributed by atoms with E-state index in [1.54, 1.807) is 24.3 Å². The van der Waals surface area contributed by atoms with E-state index in [0.717, 1.165) is 44.1 Å². The topological polar surface area (TPSA) is 78.9 Å². The van der Waals surface area contributed by atoms with E-state index >= 15 is 0 Å². The number of hydrogen-bond donors (Lipinski definition) is 0. The molecule has 0 aromatic heterocycles. The Kier molecular flexibility index (Phi) is 6.53. The largest absolute Gasteiger partial charge is 0.465 e. The highest BCUT2D eigenvalue weighted by Crippen LogP contribution is 2.51. The highest BCUT2D eigenvalue weighted by atomic mass is 32.2. The van der Waals surface area contributed by atoms with Crippen molar-refractivity contribution in [2.24, 2.45) is 5.41 Å². The van der Waals surface area contributed by atoms with Crippen LogP contribution in [0.5, 0.6) is 0 Å². The van der Waals surface area contributed by atoms with E-state index in [9.17, 15) is 13.2 Å². The number of carbonyl (C=O) groups excluding carboxylic acids is 1. The quantitative estimate of drug-likeness (QED) is 0.328. The molecule has 6 nitrogen and oxygen atoms in total. The maximum atomic E-state index is 12.3. The summed E-state index contributed by atoms with van der Waals surface area (Å²) < 4.78 is 41.0. The number of cyclic esters (lactones) is 1. The first kappa shape index (κ1) is 23.5. The van der Waals surface area contributed by atoms with Gasteiger partial charge in [0.25, 0.3) is 10.1 Å². The zero-order chi connectivity index (χ0) is 23.8. The van der Waals surface area contributed by atoms with Crippen molar-refractivity contribution in [1.29, 1.82) is 0 Å². The molecule has 5 rings (SSSR count). The van der Waals surface area contributed by atoms with Crippen LogP contribution in [0.4, 0.5) is 0 Å². The average molecular weight is 485 g/mol. The van der Waals surface area contributed by atoms with Gasteiger partial charge in [0.15, 0.2) is 0 Å². The Balaban J connectivity index is 1.11. The Morgan fingerprint density at radius 3 is 2.65 bits per heavy atom. The molecule has 2 aliphatic carbocycles. The van der Waals surface area contributed by atoms with E-state index in [1.807, 2.05) is 6.92 Å². The molecule has 0 N–H and O–H groups in total. The molecule has 1 heterocycles. The number of benzene rings is 2. The van der Waals surface area contributed by atoms with Crippen LogP contribution >= 0.6 is 0 Å². The van der Waals surface area contributed by atoms with Crippen molar-refractivity contribution >= 4 is 16.1 Å². The minimum absolute atomic E-state index is 0.00809. The minimum atomic E-state index is -3.76. The molecular weight excluding hydrogens is 452 g/mol. The fourth-order valence-corrected chi connectivity index (χ4v) is 6.59. The Morgan fingerprint density at radius 1 is 1.06 bits per heavy atom. The molecule has 1 unspecified atom stereocenters. The molecule has 1 saturated heterocycles. The molecule has 1 saturated carbocycles. The molecular formula is C27H32O6S. The lowest BCUT2D eigenvalue weighted by molar-refractivity contribution is -0.137. The van der Waals surface area contributed by atoms with Crippen LogP contribution in [0.1, 0.15) is 60.3 Å². The van der Waals surface area contributed by atoms with Crippen LogP contribution in [-0.4, -0.2) is 40.3 Å². The molecule has 1 aliphatic heterocycles. The predicted octanol–water partition coefficient (Wildman–Crippen LogP) is 4.48. The molecule has 3 aliphatic rings. The fraction of sp³-hybridized carbons (Fsp3) is 0.519. The van der Waals surface area contributed by atoms with Crippen molar-refractivity contribution < 1.29 is 26.9 Å². The number of esters is 1. The summed E-state index contributed by atoms with van der Waals surface area (Å²) in [5.41, 5.74) is 5.13. The molecule has 1 spiro atoms. The normalized spacial score (nSPS) is 26.6. The number of aryl methyl sites for hydroxylation is 2. The van der Waals surface area contributed by atoms with E-state index in [1.165, 1.54) is 16.7 Å². The zero-order valence-electron chi connectivity index (χ0n) is 19.6. The number of hydrogen-bond acceptors (Lipinski definition) is 6. The van der Waals surface area contributed by atoms with Crippen LogP contribution < -0.4 is 0 Å². The number of fused-ring (bicyclic) bond motifs is 1. The average Bonchev–Trinajstić information content (AvgIpc) is 3.41. The number of ether oxygens (including phenoxy) is 2. The van der Waals surface area contributed by atoms with Gasteiger partial charge < -0.3 is 9.47 Å². The van der Waals surface area contributed by atoms with Crippen LogP contribution in [0.2, 0.25) is 0 Å². The van der Waals surface area contributed by atoms with Crippen molar-refractivity contribution in [1.82, 2.24) is 0 Å². The molecule has 182 valence electrons. The second-order valence-electron chi connectivity index (χ2n) is 10.1. The SMILES string of the molecule is Cc1ccc(S(=O)(=O)OCCOC2CCc3cc([C@H]4CC[C@]5(COC(=O)C5)C4)ccc3C2)cc1. The molecule has 0 amide bonds. The van der Waals surface area contributed by atoms with Gasteiger partial charge in [-0.25, -0.2) is 0 Å². The summed E-state index contributed by atoms with van der Waals surface area (Å²) in [7, 11) is -3.76. The first-order valence-corrected chi connectivity index (χ1v) is 13.6. The summed E-state index contributed by atoms with van der Waals surface area (Å²) in [6, 6.07) is 13.4. The molecule has 2 fully saturated rings. The molecule has 3 atom stereocenters. The first-order chi connectivity index (χ1) is 16.3.